The molecule has 0 aromatic heterocycles. The zero-order valence-electron chi connectivity index (χ0n) is 17.9. The van der Waals surface area contributed by atoms with Crippen molar-refractivity contribution in [3.63, 3.8) is 0 Å². The Hall–Kier alpha value is -1.00. The molecule has 1 atom stereocenters. The third-order valence-electron chi connectivity index (χ3n) is 5.24. The number of hydrogen-bond acceptors (Lipinski definition) is 3. The molecule has 1 aromatic carbocycles. The summed E-state index contributed by atoms with van der Waals surface area (Å²) in [6.45, 7) is 4.37. The lowest BCUT2D eigenvalue weighted by Gasteiger charge is -2.28. The maximum absolute atomic E-state index is 11.2. The van der Waals surface area contributed by atoms with Crippen molar-refractivity contribution in [3.8, 4) is 0 Å². The van der Waals surface area contributed by atoms with Crippen molar-refractivity contribution in [2.45, 2.75) is 102 Å². The van der Waals surface area contributed by atoms with Crippen LogP contribution in [0.1, 0.15) is 95.6 Å². The summed E-state index contributed by atoms with van der Waals surface area (Å²) in [6, 6.07) is 8.45. The minimum atomic E-state index is -0.873. The Bertz CT molecular complexity index is 546. The Morgan fingerprint density at radius 3 is 2.18 bits per heavy atom. The van der Waals surface area contributed by atoms with Crippen LogP contribution >= 0.6 is 11.8 Å². The van der Waals surface area contributed by atoms with Crippen molar-refractivity contribution in [2.75, 3.05) is 5.75 Å². The molecule has 0 aliphatic carbocycles. The highest BCUT2D eigenvalue weighted by atomic mass is 32.2. The summed E-state index contributed by atoms with van der Waals surface area (Å²) in [6.07, 6.45) is 13.6. The maximum atomic E-state index is 11.2. The van der Waals surface area contributed by atoms with Gasteiger partial charge >= 0.3 is 5.97 Å². The number of thioether (sulfide) groups is 1. The van der Waals surface area contributed by atoms with Crippen LogP contribution in [0.15, 0.2) is 24.3 Å². The lowest BCUT2D eigenvalue weighted by atomic mass is 9.95. The van der Waals surface area contributed by atoms with E-state index in [1.54, 1.807) is 0 Å². The minimum absolute atomic E-state index is 0.0960. The number of rotatable bonds is 17. The van der Waals surface area contributed by atoms with Crippen LogP contribution in [0.5, 0.6) is 0 Å². The molecule has 0 fully saturated rings. The third kappa shape index (κ3) is 11.1. The van der Waals surface area contributed by atoms with Gasteiger partial charge in [0.25, 0.3) is 0 Å². The van der Waals surface area contributed by atoms with Crippen LogP contribution < -0.4 is 0 Å². The van der Waals surface area contributed by atoms with Crippen molar-refractivity contribution in [1.82, 2.24) is 0 Å². The summed E-state index contributed by atoms with van der Waals surface area (Å²) in [5, 5.41) is 20.1. The first-order valence-corrected chi connectivity index (χ1v) is 12.1. The number of aliphatic carboxylic acids is 1. The van der Waals surface area contributed by atoms with Gasteiger partial charge in [-0.3, -0.25) is 4.79 Å². The third-order valence-corrected chi connectivity index (χ3v) is 6.54. The van der Waals surface area contributed by atoms with E-state index in [2.05, 4.69) is 32.0 Å². The van der Waals surface area contributed by atoms with Gasteiger partial charge in [0, 0.05) is 12.2 Å². The van der Waals surface area contributed by atoms with Crippen molar-refractivity contribution >= 4 is 17.7 Å². The van der Waals surface area contributed by atoms with E-state index in [1.165, 1.54) is 67.8 Å². The molecule has 0 amide bonds. The molecule has 2 N–H and O–H groups in total. The Balaban J connectivity index is 2.61. The first-order chi connectivity index (χ1) is 13.5. The van der Waals surface area contributed by atoms with Gasteiger partial charge in [-0.05, 0) is 36.8 Å². The average molecular weight is 409 g/mol. The Kier molecular flexibility index (Phi) is 13.3. The van der Waals surface area contributed by atoms with E-state index in [4.69, 9.17) is 5.11 Å². The number of unbranched alkanes of at least 4 members (excludes halogenated alkanes) is 7. The van der Waals surface area contributed by atoms with Gasteiger partial charge in [-0.2, -0.15) is 0 Å². The number of carboxylic acid groups (broad SMARTS) is 1. The smallest absolute Gasteiger partial charge is 0.304 e. The van der Waals surface area contributed by atoms with E-state index in [9.17, 15) is 9.90 Å². The highest BCUT2D eigenvalue weighted by Crippen LogP contribution is 2.33. The molecule has 0 heterocycles. The van der Waals surface area contributed by atoms with Gasteiger partial charge in [-0.15, -0.1) is 11.8 Å². The van der Waals surface area contributed by atoms with Crippen LogP contribution in [0.3, 0.4) is 0 Å². The Morgan fingerprint density at radius 2 is 1.54 bits per heavy atom. The van der Waals surface area contributed by atoms with Crippen LogP contribution in [-0.2, 0) is 17.6 Å². The first-order valence-electron chi connectivity index (χ1n) is 11.2. The van der Waals surface area contributed by atoms with E-state index in [0.29, 0.717) is 18.6 Å². The summed E-state index contributed by atoms with van der Waals surface area (Å²) in [7, 11) is 0. The van der Waals surface area contributed by atoms with Gasteiger partial charge in [0.15, 0.2) is 0 Å². The van der Waals surface area contributed by atoms with E-state index in [-0.39, 0.29) is 6.42 Å². The number of carbonyl (C=O) groups is 1. The van der Waals surface area contributed by atoms with Crippen LogP contribution in [-0.4, -0.2) is 26.9 Å². The Labute approximate surface area is 176 Å². The summed E-state index contributed by atoms with van der Waals surface area (Å²) in [5.41, 5.74) is 2.56. The monoisotopic (exact) mass is 408 g/mol. The van der Waals surface area contributed by atoms with Gasteiger partial charge < -0.3 is 10.2 Å². The molecule has 0 saturated heterocycles. The van der Waals surface area contributed by atoms with E-state index < -0.39 is 10.9 Å². The molecule has 3 nitrogen and oxygen atoms in total. The lowest BCUT2D eigenvalue weighted by Crippen LogP contribution is -2.28. The predicted molar refractivity (Wildman–Crippen MR) is 121 cm³/mol. The number of carboxylic acids is 1. The summed E-state index contributed by atoms with van der Waals surface area (Å²) < 4.78 is 0. The number of aryl methyl sites for hydroxylation is 1. The fourth-order valence-corrected chi connectivity index (χ4v) is 4.74. The molecule has 0 radical (unpaired) electrons. The second kappa shape index (κ2) is 14.9. The molecule has 0 saturated carbocycles. The van der Waals surface area contributed by atoms with Crippen molar-refractivity contribution in [1.29, 1.82) is 0 Å². The normalized spacial score (nSPS) is 13.4. The van der Waals surface area contributed by atoms with Crippen molar-refractivity contribution in [3.05, 3.63) is 35.4 Å². The molecule has 0 unspecified atom stereocenters. The second-order valence-electron chi connectivity index (χ2n) is 7.86. The summed E-state index contributed by atoms with van der Waals surface area (Å²) in [5.74, 6) is -0.347. The largest absolute Gasteiger partial charge is 0.481 e. The highest BCUT2D eigenvalue weighted by molar-refractivity contribution is 8.00. The molecule has 1 aromatic rings. The standard InChI is InChI=1S/C24H40O3S/c1-3-5-7-8-9-10-11-14-21-15-12-13-16-22(21)20-24(27,18-6-4-2)28-19-17-23(25)26/h12-13,15-16,27H,3-11,14,17-20H2,1-2H3,(H,25,26)/t24-/m1/s1. The zero-order valence-corrected chi connectivity index (χ0v) is 18.7. The maximum Gasteiger partial charge on any atom is 0.304 e. The van der Waals surface area contributed by atoms with Crippen LogP contribution in [0.4, 0.5) is 0 Å². The highest BCUT2D eigenvalue weighted by Gasteiger charge is 2.28. The quantitative estimate of drug-likeness (QED) is 0.225. The van der Waals surface area contributed by atoms with Gasteiger partial charge in [-0.25, -0.2) is 0 Å². The number of hydrogen-bond donors (Lipinski definition) is 2. The molecule has 28 heavy (non-hydrogen) atoms. The van der Waals surface area contributed by atoms with Gasteiger partial charge in [0.2, 0.25) is 0 Å². The van der Waals surface area contributed by atoms with E-state index in [1.807, 2.05) is 6.07 Å². The van der Waals surface area contributed by atoms with E-state index in [0.717, 1.165) is 19.3 Å². The van der Waals surface area contributed by atoms with Gasteiger partial charge in [-0.1, -0.05) is 83.1 Å². The molecular formula is C24H40O3S. The van der Waals surface area contributed by atoms with Gasteiger partial charge in [0.05, 0.1) is 6.42 Å². The van der Waals surface area contributed by atoms with E-state index >= 15 is 0 Å². The number of aliphatic hydroxyl groups is 1. The Morgan fingerprint density at radius 1 is 0.929 bits per heavy atom. The molecule has 0 bridgehead atoms. The molecule has 1 rings (SSSR count). The fraction of sp³-hybridized carbons (Fsp3) is 0.708. The SMILES string of the molecule is CCCCCCCCCc1ccccc1C[C@@](O)(CCCC)SCCC(=O)O. The predicted octanol–water partition coefficient (Wildman–Crippen LogP) is 6.61. The average Bonchev–Trinajstić information content (AvgIpc) is 2.66. The molecule has 160 valence electrons. The lowest BCUT2D eigenvalue weighted by molar-refractivity contribution is -0.136. The molecule has 0 aliphatic rings. The molecule has 0 spiro atoms. The summed E-state index contributed by atoms with van der Waals surface area (Å²) >= 11 is 1.41. The van der Waals surface area contributed by atoms with Crippen LogP contribution in [0.25, 0.3) is 0 Å². The van der Waals surface area contributed by atoms with Crippen LogP contribution in [0.2, 0.25) is 0 Å². The molecular weight excluding hydrogens is 368 g/mol. The fourth-order valence-electron chi connectivity index (χ4n) is 3.54. The minimum Gasteiger partial charge on any atom is -0.481 e. The van der Waals surface area contributed by atoms with Crippen molar-refractivity contribution in [2.24, 2.45) is 0 Å². The van der Waals surface area contributed by atoms with Crippen LogP contribution in [0, 0.1) is 0 Å². The van der Waals surface area contributed by atoms with Gasteiger partial charge in [0.1, 0.15) is 4.93 Å². The first kappa shape index (κ1) is 25.0. The number of benzene rings is 1. The van der Waals surface area contributed by atoms with Crippen molar-refractivity contribution < 1.29 is 15.0 Å². The molecule has 4 heteroatoms. The zero-order chi connectivity index (χ0) is 20.7. The molecule has 0 aliphatic heterocycles. The topological polar surface area (TPSA) is 57.5 Å². The second-order valence-corrected chi connectivity index (χ2v) is 9.32. The summed E-state index contributed by atoms with van der Waals surface area (Å²) in [4.78, 5) is 9.97.